The summed E-state index contributed by atoms with van der Waals surface area (Å²) in [5.41, 5.74) is 9.52. The van der Waals surface area contributed by atoms with Crippen LogP contribution in [0.5, 0.6) is 0 Å². The van der Waals surface area contributed by atoms with Crippen molar-refractivity contribution in [2.75, 3.05) is 17.6 Å². The van der Waals surface area contributed by atoms with Crippen LogP contribution >= 0.6 is 0 Å². The number of nitrogen functional groups attached to an aromatic ring is 1. The van der Waals surface area contributed by atoms with Crippen molar-refractivity contribution in [3.63, 3.8) is 0 Å². The Hall–Kier alpha value is -4.01. The van der Waals surface area contributed by atoms with E-state index < -0.39 is 5.82 Å². The summed E-state index contributed by atoms with van der Waals surface area (Å²) in [5, 5.41) is 3.25. The van der Waals surface area contributed by atoms with E-state index in [0.717, 1.165) is 11.1 Å². The predicted octanol–water partition coefficient (Wildman–Crippen LogP) is 2.76. The average molecular weight is 418 g/mol. The number of halogens is 1. The number of imidazole rings is 1. The van der Waals surface area contributed by atoms with Gasteiger partial charge in [-0.1, -0.05) is 12.1 Å². The molecule has 9 heteroatoms. The monoisotopic (exact) mass is 418 g/mol. The Kier molecular flexibility index (Phi) is 4.32. The van der Waals surface area contributed by atoms with Gasteiger partial charge in [0.05, 0.1) is 0 Å². The van der Waals surface area contributed by atoms with E-state index in [2.05, 4.69) is 15.3 Å². The Bertz CT molecular complexity index is 1380. The Morgan fingerprint density at radius 1 is 1.16 bits per heavy atom. The molecule has 2 aromatic heterocycles. The number of amides is 2. The number of nitrogens with zero attached hydrogens (tertiary/aromatic N) is 4. The van der Waals surface area contributed by atoms with Crippen molar-refractivity contribution >= 4 is 40.0 Å². The molecular weight excluding hydrogens is 399 g/mol. The van der Waals surface area contributed by atoms with Gasteiger partial charge in [0.1, 0.15) is 22.7 Å². The molecule has 2 amide bonds. The summed E-state index contributed by atoms with van der Waals surface area (Å²) < 4.78 is 15.6. The number of hydrogen-bond acceptors (Lipinski definition) is 5. The van der Waals surface area contributed by atoms with Gasteiger partial charge >= 0.3 is 0 Å². The Morgan fingerprint density at radius 2 is 2.00 bits per heavy atom. The van der Waals surface area contributed by atoms with E-state index in [1.807, 2.05) is 18.2 Å². The van der Waals surface area contributed by atoms with Gasteiger partial charge in [-0.2, -0.15) is 0 Å². The molecular formula is C22H19FN6O2. The Morgan fingerprint density at radius 3 is 2.81 bits per heavy atom. The topological polar surface area (TPSA) is 106 Å². The molecule has 0 spiro atoms. The van der Waals surface area contributed by atoms with E-state index in [1.165, 1.54) is 23.6 Å². The molecule has 0 aliphatic carbocycles. The van der Waals surface area contributed by atoms with Crippen LogP contribution in [0.2, 0.25) is 0 Å². The van der Waals surface area contributed by atoms with Crippen LogP contribution in [0.25, 0.3) is 16.6 Å². The minimum absolute atomic E-state index is 0.0584. The highest BCUT2D eigenvalue weighted by Crippen LogP contribution is 2.26. The predicted molar refractivity (Wildman–Crippen MR) is 114 cm³/mol. The first-order chi connectivity index (χ1) is 14.9. The molecule has 3 N–H and O–H groups in total. The van der Waals surface area contributed by atoms with E-state index >= 15 is 0 Å². The van der Waals surface area contributed by atoms with Crippen LogP contribution in [0.4, 0.5) is 16.0 Å². The van der Waals surface area contributed by atoms with E-state index in [1.54, 1.807) is 17.0 Å². The first-order valence-corrected chi connectivity index (χ1v) is 9.82. The van der Waals surface area contributed by atoms with Crippen LogP contribution in [0.3, 0.4) is 0 Å². The number of fused-ring (bicyclic) bond motifs is 4. The highest BCUT2D eigenvalue weighted by atomic mass is 19.1. The normalized spacial score (nSPS) is 13.4. The van der Waals surface area contributed by atoms with Crippen LogP contribution < -0.4 is 11.1 Å². The van der Waals surface area contributed by atoms with Gasteiger partial charge in [0, 0.05) is 37.3 Å². The molecule has 0 atom stereocenters. The lowest BCUT2D eigenvalue weighted by Crippen LogP contribution is -2.36. The van der Waals surface area contributed by atoms with E-state index in [4.69, 9.17) is 5.73 Å². The quantitative estimate of drug-likeness (QED) is 0.521. The molecule has 4 aromatic rings. The fourth-order valence-electron chi connectivity index (χ4n) is 4.00. The second-order valence-corrected chi connectivity index (χ2v) is 7.57. The number of nitrogens with two attached hydrogens (primary N) is 1. The summed E-state index contributed by atoms with van der Waals surface area (Å²) in [7, 11) is 0. The van der Waals surface area contributed by atoms with Crippen molar-refractivity contribution in [3.8, 4) is 0 Å². The highest BCUT2D eigenvalue weighted by molar-refractivity contribution is 5.97. The Labute approximate surface area is 176 Å². The lowest BCUT2D eigenvalue weighted by Gasteiger charge is -2.28. The number of aromatic nitrogens is 3. The number of rotatable bonds is 2. The van der Waals surface area contributed by atoms with Gasteiger partial charge < -0.3 is 16.0 Å². The zero-order valence-corrected chi connectivity index (χ0v) is 16.7. The molecule has 156 valence electrons. The van der Waals surface area contributed by atoms with E-state index in [0.29, 0.717) is 36.2 Å². The molecule has 2 aromatic carbocycles. The Balaban J connectivity index is 1.49. The molecule has 0 saturated heterocycles. The fourth-order valence-corrected chi connectivity index (χ4v) is 4.00. The minimum atomic E-state index is -0.495. The van der Waals surface area contributed by atoms with Gasteiger partial charge in [0.2, 0.25) is 11.9 Å². The summed E-state index contributed by atoms with van der Waals surface area (Å²) in [4.78, 5) is 34.8. The largest absolute Gasteiger partial charge is 0.369 e. The van der Waals surface area contributed by atoms with Crippen LogP contribution in [0.15, 0.2) is 42.6 Å². The maximum atomic E-state index is 14.1. The lowest BCUT2D eigenvalue weighted by molar-refractivity contribution is -0.114. The van der Waals surface area contributed by atoms with Crippen molar-refractivity contribution in [2.45, 2.75) is 19.9 Å². The SMILES string of the molecule is CC(=O)Nc1ccc2c(c1)CN(C(=O)c1cn3c(N)nc4c(F)cccc4c3n1)CC2. The molecule has 3 heterocycles. The second-order valence-electron chi connectivity index (χ2n) is 7.57. The number of hydrogen-bond donors (Lipinski definition) is 2. The van der Waals surface area contributed by atoms with Crippen LogP contribution in [-0.2, 0) is 17.8 Å². The highest BCUT2D eigenvalue weighted by Gasteiger charge is 2.25. The van der Waals surface area contributed by atoms with Gasteiger partial charge in [0.25, 0.3) is 5.91 Å². The smallest absolute Gasteiger partial charge is 0.274 e. The van der Waals surface area contributed by atoms with Gasteiger partial charge in [-0.15, -0.1) is 0 Å². The van der Waals surface area contributed by atoms with Crippen molar-refractivity contribution < 1.29 is 14.0 Å². The zero-order valence-electron chi connectivity index (χ0n) is 16.7. The summed E-state index contributed by atoms with van der Waals surface area (Å²) >= 11 is 0. The van der Waals surface area contributed by atoms with Crippen molar-refractivity contribution in [3.05, 3.63) is 65.2 Å². The maximum Gasteiger partial charge on any atom is 0.274 e. The molecule has 0 bridgehead atoms. The molecule has 5 rings (SSSR count). The summed E-state index contributed by atoms with van der Waals surface area (Å²) in [6.45, 7) is 2.40. The molecule has 31 heavy (non-hydrogen) atoms. The van der Waals surface area contributed by atoms with Gasteiger partial charge in [-0.25, -0.2) is 14.4 Å². The van der Waals surface area contributed by atoms with Gasteiger partial charge in [-0.05, 0) is 41.8 Å². The van der Waals surface area contributed by atoms with Crippen LogP contribution in [0, 0.1) is 5.82 Å². The van der Waals surface area contributed by atoms with Crippen molar-refractivity contribution in [1.29, 1.82) is 0 Å². The molecule has 8 nitrogen and oxygen atoms in total. The van der Waals surface area contributed by atoms with Gasteiger partial charge in [0.15, 0.2) is 0 Å². The van der Waals surface area contributed by atoms with E-state index in [-0.39, 0.29) is 29.0 Å². The fraction of sp³-hybridized carbons (Fsp3) is 0.182. The maximum absolute atomic E-state index is 14.1. The number of carbonyl (C=O) groups is 2. The summed E-state index contributed by atoms with van der Waals surface area (Å²) in [6.07, 6.45) is 2.24. The third-order valence-corrected chi connectivity index (χ3v) is 5.45. The molecule has 0 radical (unpaired) electrons. The first-order valence-electron chi connectivity index (χ1n) is 9.82. The zero-order chi connectivity index (χ0) is 21.7. The molecule has 0 fully saturated rings. The van der Waals surface area contributed by atoms with Crippen LogP contribution in [-0.4, -0.2) is 37.6 Å². The molecule has 0 saturated carbocycles. The average Bonchev–Trinajstić information content (AvgIpc) is 3.20. The van der Waals surface area contributed by atoms with Crippen molar-refractivity contribution in [2.24, 2.45) is 0 Å². The third-order valence-electron chi connectivity index (χ3n) is 5.45. The third kappa shape index (κ3) is 3.24. The minimum Gasteiger partial charge on any atom is -0.369 e. The van der Waals surface area contributed by atoms with Gasteiger partial charge in [-0.3, -0.25) is 14.0 Å². The standard InChI is InChI=1S/C22H19FN6O2/c1-12(30)25-15-6-5-13-7-8-28(10-14(13)9-15)21(31)18-11-29-20(26-18)16-3-2-4-17(23)19(16)27-22(29)24/h2-6,9,11H,7-8,10H2,1H3,(H2,24,27)(H,25,30). The second kappa shape index (κ2) is 7.05. The number of benzene rings is 2. The number of carbonyl (C=O) groups excluding carboxylic acids is 2. The van der Waals surface area contributed by atoms with Crippen LogP contribution in [0.1, 0.15) is 28.5 Å². The summed E-state index contributed by atoms with van der Waals surface area (Å²) in [5.74, 6) is -0.834. The molecule has 0 unspecified atom stereocenters. The van der Waals surface area contributed by atoms with Crippen molar-refractivity contribution in [1.82, 2.24) is 19.3 Å². The number of anilines is 2. The molecule has 1 aliphatic rings. The number of para-hydroxylation sites is 1. The lowest BCUT2D eigenvalue weighted by atomic mass is 9.99. The first kappa shape index (κ1) is 19.0. The summed E-state index contributed by atoms with van der Waals surface area (Å²) in [6, 6.07) is 10.3. The molecule has 1 aliphatic heterocycles. The number of nitrogens with one attached hydrogen (secondary N) is 1. The van der Waals surface area contributed by atoms with E-state index in [9.17, 15) is 14.0 Å².